The molecule has 0 spiro atoms. The molecule has 0 aliphatic heterocycles. The second kappa shape index (κ2) is 8.54. The zero-order valence-electron chi connectivity index (χ0n) is 12.9. The van der Waals surface area contributed by atoms with Gasteiger partial charge in [-0.15, -0.1) is 0 Å². The molecule has 1 saturated carbocycles. The molecule has 1 N–H and O–H groups in total. The molecule has 1 fully saturated rings. The number of carbonyl (C=O) groups is 1. The maximum atomic E-state index is 11.9. The highest BCUT2D eigenvalue weighted by Gasteiger charge is 2.27. The van der Waals surface area contributed by atoms with Gasteiger partial charge in [-0.05, 0) is 39.3 Å². The van der Waals surface area contributed by atoms with Crippen LogP contribution in [0.4, 0.5) is 0 Å². The number of hydrogen-bond acceptors (Lipinski definition) is 4. The van der Waals surface area contributed by atoms with Gasteiger partial charge in [-0.3, -0.25) is 4.79 Å². The zero-order chi connectivity index (χ0) is 14.3. The molecule has 0 heterocycles. The van der Waals surface area contributed by atoms with Crippen molar-refractivity contribution >= 4 is 5.97 Å². The number of hydrogen-bond donors (Lipinski definition) is 1. The van der Waals surface area contributed by atoms with E-state index in [1.807, 2.05) is 13.8 Å². The van der Waals surface area contributed by atoms with Crippen molar-refractivity contribution in [2.45, 2.75) is 58.5 Å². The Morgan fingerprint density at radius 1 is 1.42 bits per heavy atom. The summed E-state index contributed by atoms with van der Waals surface area (Å²) in [4.78, 5) is 14.2. The Hall–Kier alpha value is -0.610. The molecule has 4 heteroatoms. The third-order valence-electron chi connectivity index (χ3n) is 4.02. The predicted molar refractivity (Wildman–Crippen MR) is 78.1 cm³/mol. The number of rotatable bonds is 7. The first kappa shape index (κ1) is 16.4. The van der Waals surface area contributed by atoms with Crippen molar-refractivity contribution in [2.75, 3.05) is 26.7 Å². The van der Waals surface area contributed by atoms with Crippen molar-refractivity contribution in [3.63, 3.8) is 0 Å². The van der Waals surface area contributed by atoms with E-state index in [1.54, 1.807) is 0 Å². The first-order valence-electron chi connectivity index (χ1n) is 7.68. The van der Waals surface area contributed by atoms with E-state index in [4.69, 9.17) is 4.74 Å². The van der Waals surface area contributed by atoms with Crippen LogP contribution in [0.25, 0.3) is 0 Å². The lowest BCUT2D eigenvalue weighted by molar-refractivity contribution is -0.146. The highest BCUT2D eigenvalue weighted by molar-refractivity contribution is 5.76. The average Bonchev–Trinajstić information content (AvgIpc) is 2.38. The maximum absolute atomic E-state index is 11.9. The summed E-state index contributed by atoms with van der Waals surface area (Å²) in [5.74, 6) is 0.682. The van der Waals surface area contributed by atoms with Gasteiger partial charge in [-0.1, -0.05) is 26.7 Å². The monoisotopic (exact) mass is 270 g/mol. The lowest BCUT2D eigenvalue weighted by Crippen LogP contribution is -2.49. The second-order valence-corrected chi connectivity index (χ2v) is 5.73. The summed E-state index contributed by atoms with van der Waals surface area (Å²) in [5, 5.41) is 3.23. The van der Waals surface area contributed by atoms with Gasteiger partial charge in [0, 0.05) is 12.6 Å². The van der Waals surface area contributed by atoms with Crippen molar-refractivity contribution in [1.82, 2.24) is 10.2 Å². The van der Waals surface area contributed by atoms with E-state index >= 15 is 0 Å². The Morgan fingerprint density at radius 2 is 2.16 bits per heavy atom. The Kier molecular flexibility index (Phi) is 7.39. The van der Waals surface area contributed by atoms with Gasteiger partial charge in [0.2, 0.25) is 0 Å². The minimum atomic E-state index is -0.202. The largest absolute Gasteiger partial charge is 0.465 e. The molecule has 0 aromatic rings. The van der Waals surface area contributed by atoms with Gasteiger partial charge in [-0.2, -0.15) is 0 Å². The minimum Gasteiger partial charge on any atom is -0.465 e. The third kappa shape index (κ3) is 5.49. The lowest BCUT2D eigenvalue weighted by Gasteiger charge is -2.35. The number of likely N-dealkylation sites (N-methyl/N-ethyl adjacent to an activating group) is 2. The van der Waals surface area contributed by atoms with Crippen LogP contribution in [0.5, 0.6) is 0 Å². The van der Waals surface area contributed by atoms with Crippen LogP contribution in [-0.2, 0) is 9.53 Å². The fourth-order valence-corrected chi connectivity index (χ4v) is 2.95. The Morgan fingerprint density at radius 3 is 2.74 bits per heavy atom. The van der Waals surface area contributed by atoms with Crippen molar-refractivity contribution in [3.8, 4) is 0 Å². The van der Waals surface area contributed by atoms with Crippen LogP contribution in [0.3, 0.4) is 0 Å². The van der Waals surface area contributed by atoms with E-state index in [-0.39, 0.29) is 12.0 Å². The molecule has 3 unspecified atom stereocenters. The topological polar surface area (TPSA) is 41.6 Å². The normalized spacial score (nSPS) is 25.3. The van der Waals surface area contributed by atoms with Gasteiger partial charge in [0.25, 0.3) is 0 Å². The van der Waals surface area contributed by atoms with Gasteiger partial charge in [-0.25, -0.2) is 0 Å². The smallest absolute Gasteiger partial charge is 0.324 e. The Labute approximate surface area is 117 Å². The molecule has 4 nitrogen and oxygen atoms in total. The van der Waals surface area contributed by atoms with E-state index in [2.05, 4.69) is 24.2 Å². The summed E-state index contributed by atoms with van der Waals surface area (Å²) in [6.07, 6.45) is 5.15. The standard InChI is InChI=1S/C15H30N2O2/c1-5-16-14(15(18)19-6-2)11-17(4)13-9-7-8-12(3)10-13/h12-14,16H,5-11H2,1-4H3. The molecule has 0 saturated heterocycles. The lowest BCUT2D eigenvalue weighted by atomic mass is 9.86. The van der Waals surface area contributed by atoms with Crippen LogP contribution in [0.1, 0.15) is 46.5 Å². The fraction of sp³-hybridized carbons (Fsp3) is 0.933. The molecule has 1 aliphatic rings. The molecule has 112 valence electrons. The van der Waals surface area contributed by atoms with Gasteiger partial charge in [0.15, 0.2) is 0 Å². The molecular formula is C15H30N2O2. The second-order valence-electron chi connectivity index (χ2n) is 5.73. The molecule has 19 heavy (non-hydrogen) atoms. The molecule has 0 bridgehead atoms. The van der Waals surface area contributed by atoms with E-state index in [1.165, 1.54) is 25.7 Å². The van der Waals surface area contributed by atoms with Crippen LogP contribution < -0.4 is 5.32 Å². The third-order valence-corrected chi connectivity index (χ3v) is 4.02. The number of esters is 1. The fourth-order valence-electron chi connectivity index (χ4n) is 2.95. The Balaban J connectivity index is 2.49. The summed E-state index contributed by atoms with van der Waals surface area (Å²) in [7, 11) is 2.13. The molecule has 0 aromatic carbocycles. The summed E-state index contributed by atoms with van der Waals surface area (Å²) in [6, 6.07) is 0.409. The highest BCUT2D eigenvalue weighted by Crippen LogP contribution is 2.26. The Bertz CT molecular complexity index is 271. The van der Waals surface area contributed by atoms with Crippen LogP contribution in [0.15, 0.2) is 0 Å². The highest BCUT2D eigenvalue weighted by atomic mass is 16.5. The molecule has 3 atom stereocenters. The van der Waals surface area contributed by atoms with E-state index in [0.29, 0.717) is 12.6 Å². The summed E-state index contributed by atoms with van der Waals surface area (Å²) < 4.78 is 5.14. The van der Waals surface area contributed by atoms with Gasteiger partial charge < -0.3 is 15.0 Å². The van der Waals surface area contributed by atoms with Crippen molar-refractivity contribution in [1.29, 1.82) is 0 Å². The quantitative estimate of drug-likeness (QED) is 0.719. The van der Waals surface area contributed by atoms with E-state index in [9.17, 15) is 4.79 Å². The number of nitrogens with one attached hydrogen (secondary N) is 1. The van der Waals surface area contributed by atoms with Crippen LogP contribution in [-0.4, -0.2) is 49.7 Å². The minimum absolute atomic E-state index is 0.125. The van der Waals surface area contributed by atoms with Gasteiger partial charge in [0.05, 0.1) is 6.61 Å². The SMILES string of the molecule is CCNC(CN(C)C1CCCC(C)C1)C(=O)OCC. The summed E-state index contributed by atoms with van der Waals surface area (Å²) >= 11 is 0. The van der Waals surface area contributed by atoms with Crippen LogP contribution in [0, 0.1) is 5.92 Å². The molecule has 1 aliphatic carbocycles. The maximum Gasteiger partial charge on any atom is 0.324 e. The summed E-state index contributed by atoms with van der Waals surface area (Å²) in [6.45, 7) is 8.18. The molecule has 0 radical (unpaired) electrons. The predicted octanol–water partition coefficient (Wildman–Crippen LogP) is 2.04. The average molecular weight is 270 g/mol. The number of ether oxygens (including phenoxy) is 1. The number of nitrogens with zero attached hydrogens (tertiary/aromatic N) is 1. The van der Waals surface area contributed by atoms with Gasteiger partial charge in [0.1, 0.15) is 6.04 Å². The zero-order valence-corrected chi connectivity index (χ0v) is 12.9. The van der Waals surface area contributed by atoms with Gasteiger partial charge >= 0.3 is 5.97 Å². The number of carbonyl (C=O) groups excluding carboxylic acids is 1. The molecule has 1 rings (SSSR count). The van der Waals surface area contributed by atoms with E-state index in [0.717, 1.165) is 19.0 Å². The summed E-state index contributed by atoms with van der Waals surface area (Å²) in [5.41, 5.74) is 0. The van der Waals surface area contributed by atoms with Crippen LogP contribution in [0.2, 0.25) is 0 Å². The molecular weight excluding hydrogens is 240 g/mol. The molecule has 0 amide bonds. The first-order chi connectivity index (χ1) is 9.08. The van der Waals surface area contributed by atoms with E-state index < -0.39 is 0 Å². The van der Waals surface area contributed by atoms with Crippen molar-refractivity contribution in [3.05, 3.63) is 0 Å². The van der Waals surface area contributed by atoms with Crippen LogP contribution >= 0.6 is 0 Å². The first-order valence-corrected chi connectivity index (χ1v) is 7.68. The van der Waals surface area contributed by atoms with Crippen molar-refractivity contribution < 1.29 is 9.53 Å². The molecule has 0 aromatic heterocycles. The van der Waals surface area contributed by atoms with Crippen molar-refractivity contribution in [2.24, 2.45) is 5.92 Å².